The summed E-state index contributed by atoms with van der Waals surface area (Å²) < 4.78 is 1.73. The number of anilines is 2. The molecule has 1 atom stereocenters. The Balaban J connectivity index is 2.14. The molecule has 5 heteroatoms. The number of nitrogens with zero attached hydrogens (tertiary/aromatic N) is 3. The first-order chi connectivity index (χ1) is 10.2. The highest BCUT2D eigenvalue weighted by atomic mass is 15.3. The van der Waals surface area contributed by atoms with Crippen LogP contribution in [0.25, 0.3) is 0 Å². The molecule has 2 rings (SSSR count). The Labute approximate surface area is 126 Å². The summed E-state index contributed by atoms with van der Waals surface area (Å²) in [6.45, 7) is 7.18. The second-order valence-electron chi connectivity index (χ2n) is 5.14. The van der Waals surface area contributed by atoms with Gasteiger partial charge in [0.1, 0.15) is 0 Å². The minimum Gasteiger partial charge on any atom is -0.394 e. The van der Waals surface area contributed by atoms with Crippen molar-refractivity contribution in [1.29, 1.82) is 0 Å². The monoisotopic (exact) mass is 287 g/mol. The van der Waals surface area contributed by atoms with E-state index >= 15 is 0 Å². The number of nitrogens with one attached hydrogen (secondary N) is 1. The van der Waals surface area contributed by atoms with E-state index in [-0.39, 0.29) is 0 Å². The van der Waals surface area contributed by atoms with Crippen molar-refractivity contribution in [1.82, 2.24) is 14.7 Å². The molecule has 21 heavy (non-hydrogen) atoms. The number of rotatable bonds is 7. The SMILES string of the molecule is CCN(CC)C(CNc1nn(C)cc1N)c1ccccc1. The smallest absolute Gasteiger partial charge is 0.171 e. The molecule has 0 spiro atoms. The van der Waals surface area contributed by atoms with Crippen LogP contribution in [-0.4, -0.2) is 34.3 Å². The van der Waals surface area contributed by atoms with Gasteiger partial charge in [0.15, 0.2) is 5.82 Å². The van der Waals surface area contributed by atoms with E-state index in [9.17, 15) is 0 Å². The quantitative estimate of drug-likeness (QED) is 0.821. The fraction of sp³-hybridized carbons (Fsp3) is 0.438. The Bertz CT molecular complexity index is 545. The standard InChI is InChI=1S/C16H25N5/c1-4-21(5-2)15(13-9-7-6-8-10-13)11-18-16-14(17)12-20(3)19-16/h6-10,12,15H,4-5,11,17H2,1-3H3,(H,18,19). The molecule has 0 saturated carbocycles. The van der Waals surface area contributed by atoms with Crippen LogP contribution in [0.4, 0.5) is 11.5 Å². The van der Waals surface area contributed by atoms with Crippen LogP contribution in [0, 0.1) is 0 Å². The molecule has 0 saturated heterocycles. The van der Waals surface area contributed by atoms with Gasteiger partial charge in [-0.15, -0.1) is 0 Å². The molecular weight excluding hydrogens is 262 g/mol. The lowest BCUT2D eigenvalue weighted by Gasteiger charge is -2.30. The summed E-state index contributed by atoms with van der Waals surface area (Å²) in [5.74, 6) is 0.755. The molecule has 0 radical (unpaired) electrons. The Morgan fingerprint density at radius 3 is 2.43 bits per heavy atom. The highest BCUT2D eigenvalue weighted by molar-refractivity contribution is 5.59. The van der Waals surface area contributed by atoms with Gasteiger partial charge < -0.3 is 11.1 Å². The van der Waals surface area contributed by atoms with Crippen LogP contribution in [-0.2, 0) is 7.05 Å². The lowest BCUT2D eigenvalue weighted by molar-refractivity contribution is 0.228. The molecule has 1 aromatic carbocycles. The number of aromatic nitrogens is 2. The van der Waals surface area contributed by atoms with Gasteiger partial charge in [-0.2, -0.15) is 5.10 Å². The molecule has 1 aromatic heterocycles. The van der Waals surface area contributed by atoms with Gasteiger partial charge in [0.2, 0.25) is 0 Å². The van der Waals surface area contributed by atoms with Crippen LogP contribution in [0.1, 0.15) is 25.5 Å². The van der Waals surface area contributed by atoms with E-state index < -0.39 is 0 Å². The summed E-state index contributed by atoms with van der Waals surface area (Å²) in [6.07, 6.45) is 1.82. The lowest BCUT2D eigenvalue weighted by Crippen LogP contribution is -2.33. The third-order valence-corrected chi connectivity index (χ3v) is 3.76. The zero-order valence-corrected chi connectivity index (χ0v) is 13.1. The van der Waals surface area contributed by atoms with Gasteiger partial charge in [0, 0.05) is 19.8 Å². The van der Waals surface area contributed by atoms with Crippen LogP contribution in [0.3, 0.4) is 0 Å². The summed E-state index contributed by atoms with van der Waals surface area (Å²) >= 11 is 0. The molecule has 1 heterocycles. The van der Waals surface area contributed by atoms with Crippen LogP contribution >= 0.6 is 0 Å². The number of nitrogen functional groups attached to an aromatic ring is 1. The normalized spacial score (nSPS) is 12.6. The average molecular weight is 287 g/mol. The van der Waals surface area contributed by atoms with Crippen molar-refractivity contribution in [2.45, 2.75) is 19.9 Å². The van der Waals surface area contributed by atoms with E-state index in [2.05, 4.69) is 53.4 Å². The van der Waals surface area contributed by atoms with E-state index in [4.69, 9.17) is 5.73 Å². The molecule has 0 aliphatic rings. The van der Waals surface area contributed by atoms with Gasteiger partial charge >= 0.3 is 0 Å². The minimum absolute atomic E-state index is 0.308. The predicted molar refractivity (Wildman–Crippen MR) is 88.2 cm³/mol. The third kappa shape index (κ3) is 3.76. The van der Waals surface area contributed by atoms with Crippen LogP contribution in [0.2, 0.25) is 0 Å². The Morgan fingerprint density at radius 2 is 1.90 bits per heavy atom. The highest BCUT2D eigenvalue weighted by Gasteiger charge is 2.18. The molecular formula is C16H25N5. The largest absolute Gasteiger partial charge is 0.394 e. The zero-order valence-electron chi connectivity index (χ0n) is 13.1. The number of hydrogen-bond acceptors (Lipinski definition) is 4. The maximum absolute atomic E-state index is 5.95. The first-order valence-electron chi connectivity index (χ1n) is 7.47. The van der Waals surface area contributed by atoms with Crippen molar-refractivity contribution in [3.05, 3.63) is 42.1 Å². The van der Waals surface area contributed by atoms with Crippen molar-refractivity contribution in [2.75, 3.05) is 30.7 Å². The Hall–Kier alpha value is -2.01. The first kappa shape index (κ1) is 15.4. The van der Waals surface area contributed by atoms with E-state index in [1.807, 2.05) is 19.3 Å². The van der Waals surface area contributed by atoms with Crippen LogP contribution in [0.5, 0.6) is 0 Å². The van der Waals surface area contributed by atoms with E-state index in [0.29, 0.717) is 11.7 Å². The van der Waals surface area contributed by atoms with E-state index in [0.717, 1.165) is 25.5 Å². The van der Waals surface area contributed by atoms with Gasteiger partial charge in [-0.05, 0) is 18.7 Å². The summed E-state index contributed by atoms with van der Waals surface area (Å²) in [7, 11) is 1.88. The molecule has 5 nitrogen and oxygen atoms in total. The minimum atomic E-state index is 0.308. The number of hydrogen-bond donors (Lipinski definition) is 2. The maximum Gasteiger partial charge on any atom is 0.171 e. The number of nitrogens with two attached hydrogens (primary N) is 1. The molecule has 3 N–H and O–H groups in total. The van der Waals surface area contributed by atoms with E-state index in [1.165, 1.54) is 5.56 Å². The number of aryl methyl sites for hydroxylation is 1. The van der Waals surface area contributed by atoms with Crippen LogP contribution in [0.15, 0.2) is 36.5 Å². The third-order valence-electron chi connectivity index (χ3n) is 3.76. The first-order valence-corrected chi connectivity index (χ1v) is 7.47. The summed E-state index contributed by atoms with van der Waals surface area (Å²) in [4.78, 5) is 2.43. The van der Waals surface area contributed by atoms with Crippen molar-refractivity contribution in [3.8, 4) is 0 Å². The van der Waals surface area contributed by atoms with Gasteiger partial charge in [-0.1, -0.05) is 44.2 Å². The molecule has 0 bridgehead atoms. The number of benzene rings is 1. The van der Waals surface area contributed by atoms with Gasteiger partial charge in [0.05, 0.1) is 11.7 Å². The molecule has 0 aliphatic carbocycles. The molecule has 114 valence electrons. The molecule has 0 fully saturated rings. The predicted octanol–water partition coefficient (Wildman–Crippen LogP) is 2.50. The van der Waals surface area contributed by atoms with Gasteiger partial charge in [-0.3, -0.25) is 9.58 Å². The lowest BCUT2D eigenvalue weighted by atomic mass is 10.1. The second-order valence-corrected chi connectivity index (χ2v) is 5.14. The topological polar surface area (TPSA) is 59.1 Å². The fourth-order valence-corrected chi connectivity index (χ4v) is 2.63. The van der Waals surface area contributed by atoms with Crippen LogP contribution < -0.4 is 11.1 Å². The van der Waals surface area contributed by atoms with Crippen molar-refractivity contribution < 1.29 is 0 Å². The number of likely N-dealkylation sites (N-methyl/N-ethyl adjacent to an activating group) is 1. The Kier molecular flexibility index (Phi) is 5.22. The maximum atomic E-state index is 5.95. The fourth-order valence-electron chi connectivity index (χ4n) is 2.63. The van der Waals surface area contributed by atoms with Crippen molar-refractivity contribution in [2.24, 2.45) is 7.05 Å². The summed E-state index contributed by atoms with van der Waals surface area (Å²) in [6, 6.07) is 10.9. The zero-order chi connectivity index (χ0) is 15.2. The van der Waals surface area contributed by atoms with Gasteiger partial charge in [0.25, 0.3) is 0 Å². The Morgan fingerprint density at radius 1 is 1.24 bits per heavy atom. The highest BCUT2D eigenvalue weighted by Crippen LogP contribution is 2.22. The van der Waals surface area contributed by atoms with Gasteiger partial charge in [-0.25, -0.2) is 0 Å². The summed E-state index contributed by atoms with van der Waals surface area (Å²) in [5, 5.41) is 7.73. The summed E-state index contributed by atoms with van der Waals surface area (Å²) in [5.41, 5.74) is 7.94. The molecule has 1 unspecified atom stereocenters. The molecule has 0 aliphatic heterocycles. The van der Waals surface area contributed by atoms with E-state index in [1.54, 1.807) is 4.68 Å². The second kappa shape index (κ2) is 7.13. The molecule has 0 amide bonds. The molecule has 2 aromatic rings. The van der Waals surface area contributed by atoms with Crippen molar-refractivity contribution >= 4 is 11.5 Å². The van der Waals surface area contributed by atoms with Crippen molar-refractivity contribution in [3.63, 3.8) is 0 Å². The average Bonchev–Trinajstić information content (AvgIpc) is 2.82.